The molecule has 0 aliphatic heterocycles. The minimum Gasteiger partial charge on any atom is -0.489 e. The van der Waals surface area contributed by atoms with Crippen LogP contribution in [0.25, 0.3) is 0 Å². The van der Waals surface area contributed by atoms with Crippen LogP contribution in [0.5, 0.6) is 0 Å². The fraction of sp³-hybridized carbons (Fsp3) is 0.200. The summed E-state index contributed by atoms with van der Waals surface area (Å²) in [5.74, 6) is -1.64. The molecule has 0 saturated carbocycles. The van der Waals surface area contributed by atoms with E-state index in [0.717, 1.165) is 0 Å². The maximum absolute atomic E-state index is 11.8. The SMILES string of the molecule is F[B-](F)(F)c1ccc(C(F)(F)F)o1.[K+]. The number of halogens is 6. The van der Waals surface area contributed by atoms with Gasteiger partial charge in [0.1, 0.15) is 0 Å². The van der Waals surface area contributed by atoms with Crippen molar-refractivity contribution in [3.63, 3.8) is 0 Å². The monoisotopic (exact) mass is 242 g/mol. The molecule has 74 valence electrons. The largest absolute Gasteiger partial charge is 1.00 e. The molecule has 1 aromatic heterocycles. The first-order valence-corrected chi connectivity index (χ1v) is 3.08. The van der Waals surface area contributed by atoms with Crippen LogP contribution in [0.15, 0.2) is 16.5 Å². The minimum atomic E-state index is -5.50. The Balaban J connectivity index is 0.00000169. The molecule has 0 atom stereocenters. The summed E-state index contributed by atoms with van der Waals surface area (Å²) < 4.78 is 74.2. The second-order valence-corrected chi connectivity index (χ2v) is 2.27. The van der Waals surface area contributed by atoms with Gasteiger partial charge in [-0.25, -0.2) is 0 Å². The summed E-state index contributed by atoms with van der Waals surface area (Å²) in [7, 11) is 0. The molecule has 0 aromatic carbocycles. The molecule has 0 N–H and O–H groups in total. The number of rotatable bonds is 1. The van der Waals surface area contributed by atoms with Gasteiger partial charge in [-0.05, 0) is 6.07 Å². The Morgan fingerprint density at radius 3 is 1.79 bits per heavy atom. The molecule has 0 aliphatic rings. The molecule has 0 spiro atoms. The molecule has 0 bridgehead atoms. The number of hydrogen-bond donors (Lipinski definition) is 0. The van der Waals surface area contributed by atoms with Gasteiger partial charge in [0, 0.05) is 5.66 Å². The summed E-state index contributed by atoms with van der Waals surface area (Å²) in [6.07, 6.45) is -4.88. The van der Waals surface area contributed by atoms with Gasteiger partial charge >= 0.3 is 64.5 Å². The van der Waals surface area contributed by atoms with E-state index in [4.69, 9.17) is 0 Å². The molecule has 1 nitrogen and oxygen atoms in total. The van der Waals surface area contributed by atoms with E-state index >= 15 is 0 Å². The Bertz CT molecular complexity index is 273. The van der Waals surface area contributed by atoms with Crippen LogP contribution in [0, 0.1) is 0 Å². The fourth-order valence-electron chi connectivity index (χ4n) is 0.681. The van der Waals surface area contributed by atoms with Gasteiger partial charge in [0.15, 0.2) is 0 Å². The van der Waals surface area contributed by atoms with Crippen molar-refractivity contribution in [1.82, 2.24) is 0 Å². The summed E-state index contributed by atoms with van der Waals surface area (Å²) in [4.78, 5) is 0. The first kappa shape index (κ1) is 14.6. The third kappa shape index (κ3) is 3.61. The average Bonchev–Trinajstić information content (AvgIpc) is 2.28. The maximum Gasteiger partial charge on any atom is 1.00 e. The molecule has 1 heterocycles. The smallest absolute Gasteiger partial charge is 0.489 e. The van der Waals surface area contributed by atoms with Gasteiger partial charge in [-0.15, -0.1) is 0 Å². The van der Waals surface area contributed by atoms with Crippen molar-refractivity contribution in [2.45, 2.75) is 6.18 Å². The predicted molar refractivity (Wildman–Crippen MR) is 32.4 cm³/mol. The first-order valence-electron chi connectivity index (χ1n) is 3.08. The third-order valence-electron chi connectivity index (χ3n) is 1.23. The zero-order valence-electron chi connectivity index (χ0n) is 6.91. The van der Waals surface area contributed by atoms with E-state index in [0.29, 0.717) is 0 Å². The first-order chi connectivity index (χ1) is 5.71. The van der Waals surface area contributed by atoms with E-state index in [1.165, 1.54) is 0 Å². The third-order valence-corrected chi connectivity index (χ3v) is 1.23. The number of alkyl halides is 3. The van der Waals surface area contributed by atoms with Crippen molar-refractivity contribution < 1.29 is 81.9 Å². The van der Waals surface area contributed by atoms with Crippen molar-refractivity contribution in [1.29, 1.82) is 0 Å². The van der Waals surface area contributed by atoms with Crippen LogP contribution in [0.2, 0.25) is 0 Å². The number of furan rings is 1. The van der Waals surface area contributed by atoms with E-state index in [1.54, 1.807) is 0 Å². The molecule has 0 unspecified atom stereocenters. The molecule has 14 heavy (non-hydrogen) atoms. The van der Waals surface area contributed by atoms with Gasteiger partial charge in [0.2, 0.25) is 5.76 Å². The van der Waals surface area contributed by atoms with Crippen LogP contribution in [-0.2, 0) is 6.18 Å². The quantitative estimate of drug-likeness (QED) is 0.471. The fourth-order valence-corrected chi connectivity index (χ4v) is 0.681. The second-order valence-electron chi connectivity index (χ2n) is 2.27. The average molecular weight is 242 g/mol. The van der Waals surface area contributed by atoms with Gasteiger partial charge in [-0.3, -0.25) is 0 Å². The van der Waals surface area contributed by atoms with E-state index in [9.17, 15) is 26.1 Å². The molecule has 0 aliphatic carbocycles. The van der Waals surface area contributed by atoms with Gasteiger partial charge < -0.3 is 17.4 Å². The standard InChI is InChI=1S/C5H2BF6O.K/c7-5(8,9)3-1-2-4(13-3)6(10,11)12;/h1-2H;/q-1;+1. The second kappa shape index (κ2) is 4.60. The van der Waals surface area contributed by atoms with Crippen molar-refractivity contribution in [3.8, 4) is 0 Å². The van der Waals surface area contributed by atoms with Crippen LogP contribution >= 0.6 is 0 Å². The van der Waals surface area contributed by atoms with Crippen LogP contribution < -0.4 is 57.0 Å². The van der Waals surface area contributed by atoms with E-state index in [1.807, 2.05) is 0 Å². The molecule has 1 rings (SSSR count). The molecular weight excluding hydrogens is 240 g/mol. The Labute approximate surface area is 117 Å². The molecule has 0 amide bonds. The molecule has 0 saturated heterocycles. The van der Waals surface area contributed by atoms with Crippen LogP contribution in [-0.4, -0.2) is 6.98 Å². The Morgan fingerprint density at radius 2 is 1.57 bits per heavy atom. The summed E-state index contributed by atoms with van der Waals surface area (Å²) in [6, 6.07) is 0.521. The minimum absolute atomic E-state index is 0. The van der Waals surface area contributed by atoms with Crippen LogP contribution in [0.3, 0.4) is 0 Å². The van der Waals surface area contributed by atoms with Gasteiger partial charge in [0.05, 0.1) is 0 Å². The van der Waals surface area contributed by atoms with E-state index in [-0.39, 0.29) is 63.5 Å². The van der Waals surface area contributed by atoms with E-state index < -0.39 is 24.6 Å². The molecule has 0 fully saturated rings. The number of hydrogen-bond acceptors (Lipinski definition) is 1. The van der Waals surface area contributed by atoms with Crippen molar-refractivity contribution in [2.24, 2.45) is 0 Å². The van der Waals surface area contributed by atoms with Gasteiger partial charge in [-0.2, -0.15) is 13.2 Å². The summed E-state index contributed by atoms with van der Waals surface area (Å²) in [6.45, 7) is -5.50. The Morgan fingerprint density at radius 1 is 1.07 bits per heavy atom. The molecule has 1 aromatic rings. The topological polar surface area (TPSA) is 13.1 Å². The maximum atomic E-state index is 11.8. The summed E-state index contributed by atoms with van der Waals surface area (Å²) in [5.41, 5.74) is -1.59. The van der Waals surface area contributed by atoms with Crippen LogP contribution in [0.1, 0.15) is 5.76 Å². The Kier molecular flexibility index (Phi) is 4.79. The molecule has 9 heteroatoms. The normalized spacial score (nSPS) is 12.4. The zero-order valence-corrected chi connectivity index (χ0v) is 10.0. The molecular formula is C5H2BF6KO. The zero-order chi connectivity index (χ0) is 10.3. The van der Waals surface area contributed by atoms with Gasteiger partial charge in [0.25, 0.3) is 0 Å². The van der Waals surface area contributed by atoms with Crippen molar-refractivity contribution >= 4 is 12.6 Å². The predicted octanol–water partition coefficient (Wildman–Crippen LogP) is -0.643. The Hall–Kier alpha value is 0.561. The van der Waals surface area contributed by atoms with Gasteiger partial charge in [-0.1, -0.05) is 6.07 Å². The van der Waals surface area contributed by atoms with Crippen molar-refractivity contribution in [2.75, 3.05) is 0 Å². The molecule has 0 radical (unpaired) electrons. The van der Waals surface area contributed by atoms with E-state index in [2.05, 4.69) is 4.42 Å². The van der Waals surface area contributed by atoms with Crippen LogP contribution in [0.4, 0.5) is 26.1 Å². The summed E-state index contributed by atoms with van der Waals surface area (Å²) in [5, 5.41) is 0. The van der Waals surface area contributed by atoms with Crippen molar-refractivity contribution in [3.05, 3.63) is 17.9 Å². The summed E-state index contributed by atoms with van der Waals surface area (Å²) >= 11 is 0.